The maximum atomic E-state index is 5.39. The highest BCUT2D eigenvalue weighted by molar-refractivity contribution is 5.95. The molecule has 1 saturated heterocycles. The van der Waals surface area contributed by atoms with Crippen molar-refractivity contribution in [3.05, 3.63) is 36.2 Å². The summed E-state index contributed by atoms with van der Waals surface area (Å²) in [5, 5.41) is 2.54. The largest absolute Gasteiger partial charge is 0.378 e. The lowest BCUT2D eigenvalue weighted by molar-refractivity contribution is 0.123. The minimum atomic E-state index is 0.808. The van der Waals surface area contributed by atoms with E-state index in [0.717, 1.165) is 32.0 Å². The maximum absolute atomic E-state index is 5.39. The quantitative estimate of drug-likeness (QED) is 0.749. The molecule has 2 heterocycles. The highest BCUT2D eigenvalue weighted by Gasteiger charge is 2.14. The van der Waals surface area contributed by atoms with E-state index < -0.39 is 0 Å². The van der Waals surface area contributed by atoms with Gasteiger partial charge < -0.3 is 9.64 Å². The number of aryl methyl sites for hydroxylation is 1. The fraction of sp³-hybridized carbons (Fsp3) is 0.357. The molecule has 1 fully saturated rings. The lowest BCUT2D eigenvalue weighted by atomic mass is 10.1. The number of ether oxygens (including phenoxy) is 1. The molecule has 0 N–H and O–H groups in total. The van der Waals surface area contributed by atoms with Crippen molar-refractivity contribution < 1.29 is 4.74 Å². The molecule has 3 nitrogen and oxygen atoms in total. The zero-order valence-electron chi connectivity index (χ0n) is 10.0. The Kier molecular flexibility index (Phi) is 2.69. The third kappa shape index (κ3) is 1.87. The Balaban J connectivity index is 2.12. The zero-order valence-corrected chi connectivity index (χ0v) is 10.0. The van der Waals surface area contributed by atoms with Crippen molar-refractivity contribution in [3.63, 3.8) is 0 Å². The first-order valence-corrected chi connectivity index (χ1v) is 6.03. The number of hydrogen-bond donors (Lipinski definition) is 0. The molecule has 0 bridgehead atoms. The molecule has 0 spiro atoms. The van der Waals surface area contributed by atoms with E-state index in [1.807, 2.05) is 6.20 Å². The summed E-state index contributed by atoms with van der Waals surface area (Å²) in [6.07, 6.45) is 1.99. The average Bonchev–Trinajstić information content (AvgIpc) is 2.41. The molecule has 3 rings (SSSR count). The molecule has 2 aromatic rings. The molecule has 3 heteroatoms. The lowest BCUT2D eigenvalue weighted by Gasteiger charge is -2.29. The average molecular weight is 228 g/mol. The molecule has 0 atom stereocenters. The van der Waals surface area contributed by atoms with E-state index in [-0.39, 0.29) is 0 Å². The highest BCUT2D eigenvalue weighted by Crippen LogP contribution is 2.27. The van der Waals surface area contributed by atoms with E-state index in [0.29, 0.717) is 0 Å². The van der Waals surface area contributed by atoms with Gasteiger partial charge in [-0.1, -0.05) is 24.3 Å². The van der Waals surface area contributed by atoms with Crippen LogP contribution < -0.4 is 4.90 Å². The van der Waals surface area contributed by atoms with Crippen molar-refractivity contribution in [1.82, 2.24) is 4.98 Å². The number of pyridine rings is 1. The Labute approximate surface area is 101 Å². The number of fused-ring (bicyclic) bond motifs is 1. The van der Waals surface area contributed by atoms with Gasteiger partial charge in [-0.3, -0.25) is 4.98 Å². The smallest absolute Gasteiger partial charge is 0.0642 e. The summed E-state index contributed by atoms with van der Waals surface area (Å²) in [5.41, 5.74) is 2.33. The molecule has 0 unspecified atom stereocenters. The van der Waals surface area contributed by atoms with Crippen LogP contribution in [0.5, 0.6) is 0 Å². The fourth-order valence-electron chi connectivity index (χ4n) is 2.38. The molecule has 1 aliphatic heterocycles. The minimum absolute atomic E-state index is 0.808. The van der Waals surface area contributed by atoms with E-state index in [2.05, 4.69) is 41.1 Å². The summed E-state index contributed by atoms with van der Waals surface area (Å²) in [5.74, 6) is 0. The summed E-state index contributed by atoms with van der Waals surface area (Å²) in [4.78, 5) is 6.86. The lowest BCUT2D eigenvalue weighted by Crippen LogP contribution is -2.36. The third-order valence-corrected chi connectivity index (χ3v) is 3.33. The normalized spacial score (nSPS) is 16.4. The molecule has 1 aliphatic rings. The van der Waals surface area contributed by atoms with Crippen LogP contribution in [-0.2, 0) is 4.74 Å². The minimum Gasteiger partial charge on any atom is -0.378 e. The van der Waals surface area contributed by atoms with Crippen molar-refractivity contribution in [2.75, 3.05) is 31.2 Å². The first-order chi connectivity index (χ1) is 8.36. The van der Waals surface area contributed by atoms with Gasteiger partial charge in [-0.2, -0.15) is 0 Å². The van der Waals surface area contributed by atoms with Crippen LogP contribution in [0.25, 0.3) is 10.8 Å². The Morgan fingerprint density at radius 3 is 2.59 bits per heavy atom. The third-order valence-electron chi connectivity index (χ3n) is 3.33. The van der Waals surface area contributed by atoms with Gasteiger partial charge in [-0.25, -0.2) is 0 Å². The molecule has 17 heavy (non-hydrogen) atoms. The monoisotopic (exact) mass is 228 g/mol. The van der Waals surface area contributed by atoms with E-state index in [9.17, 15) is 0 Å². The molecule has 0 radical (unpaired) electrons. The van der Waals surface area contributed by atoms with E-state index in [1.54, 1.807) is 0 Å². The Bertz CT molecular complexity index is 533. The van der Waals surface area contributed by atoms with Crippen LogP contribution in [0.4, 0.5) is 5.69 Å². The standard InChI is InChI=1S/C14H16N2O/c1-11-12-4-2-3-5-13(12)14(10-15-11)16-6-8-17-9-7-16/h2-5,10H,6-9H2,1H3. The van der Waals surface area contributed by atoms with Gasteiger partial charge in [0.2, 0.25) is 0 Å². The molecule has 1 aromatic carbocycles. The number of nitrogens with zero attached hydrogens (tertiary/aromatic N) is 2. The van der Waals surface area contributed by atoms with Crippen LogP contribution in [0.2, 0.25) is 0 Å². The Morgan fingerprint density at radius 2 is 1.82 bits per heavy atom. The van der Waals surface area contributed by atoms with E-state index in [4.69, 9.17) is 4.74 Å². The molecule has 0 amide bonds. The first-order valence-electron chi connectivity index (χ1n) is 6.03. The number of morpholine rings is 1. The van der Waals surface area contributed by atoms with Gasteiger partial charge in [-0.15, -0.1) is 0 Å². The summed E-state index contributed by atoms with van der Waals surface area (Å²) in [6, 6.07) is 8.47. The topological polar surface area (TPSA) is 25.4 Å². The van der Waals surface area contributed by atoms with Gasteiger partial charge in [0.05, 0.1) is 25.1 Å². The second kappa shape index (κ2) is 4.34. The molecule has 1 aromatic heterocycles. The van der Waals surface area contributed by atoms with Crippen LogP contribution in [0.3, 0.4) is 0 Å². The van der Waals surface area contributed by atoms with Gasteiger partial charge in [-0.05, 0) is 6.92 Å². The molecule has 0 aliphatic carbocycles. The van der Waals surface area contributed by atoms with Crippen molar-refractivity contribution in [2.45, 2.75) is 6.92 Å². The summed E-state index contributed by atoms with van der Waals surface area (Å²) in [7, 11) is 0. The molecular weight excluding hydrogens is 212 g/mol. The number of benzene rings is 1. The van der Waals surface area contributed by atoms with Gasteiger partial charge in [0.25, 0.3) is 0 Å². The van der Waals surface area contributed by atoms with Crippen LogP contribution in [0.15, 0.2) is 30.5 Å². The van der Waals surface area contributed by atoms with Crippen molar-refractivity contribution in [2.24, 2.45) is 0 Å². The van der Waals surface area contributed by atoms with Crippen LogP contribution >= 0.6 is 0 Å². The number of aromatic nitrogens is 1. The van der Waals surface area contributed by atoms with Gasteiger partial charge in [0.15, 0.2) is 0 Å². The molecule has 88 valence electrons. The van der Waals surface area contributed by atoms with Crippen molar-refractivity contribution in [1.29, 1.82) is 0 Å². The summed E-state index contributed by atoms with van der Waals surface area (Å²) in [6.45, 7) is 5.58. The highest BCUT2D eigenvalue weighted by atomic mass is 16.5. The predicted octanol–water partition coefficient (Wildman–Crippen LogP) is 2.38. The number of hydrogen-bond acceptors (Lipinski definition) is 3. The Hall–Kier alpha value is -1.61. The van der Waals surface area contributed by atoms with Crippen LogP contribution in [-0.4, -0.2) is 31.3 Å². The van der Waals surface area contributed by atoms with E-state index in [1.165, 1.54) is 16.5 Å². The van der Waals surface area contributed by atoms with Crippen LogP contribution in [0.1, 0.15) is 5.69 Å². The molecular formula is C14H16N2O. The number of rotatable bonds is 1. The van der Waals surface area contributed by atoms with E-state index >= 15 is 0 Å². The maximum Gasteiger partial charge on any atom is 0.0642 e. The fourth-order valence-corrected chi connectivity index (χ4v) is 2.38. The predicted molar refractivity (Wildman–Crippen MR) is 69.5 cm³/mol. The zero-order chi connectivity index (χ0) is 11.7. The summed E-state index contributed by atoms with van der Waals surface area (Å²) < 4.78 is 5.39. The summed E-state index contributed by atoms with van der Waals surface area (Å²) >= 11 is 0. The Morgan fingerprint density at radius 1 is 1.12 bits per heavy atom. The SMILES string of the molecule is Cc1ncc(N2CCOCC2)c2ccccc12. The van der Waals surface area contributed by atoms with Gasteiger partial charge in [0.1, 0.15) is 0 Å². The first kappa shape index (κ1) is 10.5. The van der Waals surface area contributed by atoms with Gasteiger partial charge >= 0.3 is 0 Å². The molecule has 0 saturated carbocycles. The second-order valence-electron chi connectivity index (χ2n) is 4.37. The van der Waals surface area contributed by atoms with Gasteiger partial charge in [0, 0.05) is 29.6 Å². The van der Waals surface area contributed by atoms with Crippen molar-refractivity contribution >= 4 is 16.5 Å². The van der Waals surface area contributed by atoms with Crippen LogP contribution in [0, 0.1) is 6.92 Å². The number of anilines is 1. The second-order valence-corrected chi connectivity index (χ2v) is 4.37. The van der Waals surface area contributed by atoms with Crippen molar-refractivity contribution in [3.8, 4) is 0 Å².